The standard InChI is InChI=1S/C12H24N2O3/c1-4-5-6-14(3)7-11-12(16)10(8-17-11)13-9(2)15/h10-12,16H,4-8H2,1-3H3,(H,13,15)/t10-,11-,12+/m0/s1. The molecule has 5 nitrogen and oxygen atoms in total. The third-order valence-electron chi connectivity index (χ3n) is 3.06. The van der Waals surface area contributed by atoms with Gasteiger partial charge in [0.05, 0.1) is 18.8 Å². The summed E-state index contributed by atoms with van der Waals surface area (Å²) in [7, 11) is 2.03. The number of carbonyl (C=O) groups is 1. The van der Waals surface area contributed by atoms with E-state index in [1.54, 1.807) is 0 Å². The molecular formula is C12H24N2O3. The van der Waals surface area contributed by atoms with Gasteiger partial charge in [0.25, 0.3) is 0 Å². The Hall–Kier alpha value is -0.650. The predicted octanol–water partition coefficient (Wildman–Crippen LogP) is -0.0173. The third-order valence-corrected chi connectivity index (χ3v) is 3.06. The minimum atomic E-state index is -0.608. The van der Waals surface area contributed by atoms with Crippen molar-refractivity contribution in [2.45, 2.75) is 44.9 Å². The van der Waals surface area contributed by atoms with Crippen LogP contribution >= 0.6 is 0 Å². The molecule has 3 atom stereocenters. The number of likely N-dealkylation sites (N-methyl/N-ethyl adjacent to an activating group) is 1. The van der Waals surface area contributed by atoms with Crippen LogP contribution < -0.4 is 5.32 Å². The number of hydrogen-bond acceptors (Lipinski definition) is 4. The van der Waals surface area contributed by atoms with Gasteiger partial charge in [0.2, 0.25) is 5.91 Å². The Morgan fingerprint density at radius 3 is 2.88 bits per heavy atom. The predicted molar refractivity (Wildman–Crippen MR) is 65.8 cm³/mol. The lowest BCUT2D eigenvalue weighted by molar-refractivity contribution is -0.120. The molecule has 5 heteroatoms. The van der Waals surface area contributed by atoms with Gasteiger partial charge in [0.15, 0.2) is 0 Å². The van der Waals surface area contributed by atoms with Crippen LogP contribution in [0.1, 0.15) is 26.7 Å². The third kappa shape index (κ3) is 4.61. The fraction of sp³-hybridized carbons (Fsp3) is 0.917. The van der Waals surface area contributed by atoms with Gasteiger partial charge in [-0.1, -0.05) is 13.3 Å². The molecule has 1 amide bonds. The molecule has 0 spiro atoms. The Morgan fingerprint density at radius 2 is 2.29 bits per heavy atom. The fourth-order valence-corrected chi connectivity index (χ4v) is 2.06. The van der Waals surface area contributed by atoms with E-state index in [2.05, 4.69) is 17.1 Å². The van der Waals surface area contributed by atoms with Crippen molar-refractivity contribution >= 4 is 5.91 Å². The Labute approximate surface area is 103 Å². The van der Waals surface area contributed by atoms with Crippen molar-refractivity contribution in [1.82, 2.24) is 10.2 Å². The number of nitrogens with zero attached hydrogens (tertiary/aromatic N) is 1. The lowest BCUT2D eigenvalue weighted by Gasteiger charge is -2.23. The molecule has 0 aromatic rings. The average Bonchev–Trinajstić information content (AvgIpc) is 2.58. The van der Waals surface area contributed by atoms with Crippen molar-refractivity contribution < 1.29 is 14.6 Å². The van der Waals surface area contributed by atoms with Gasteiger partial charge >= 0.3 is 0 Å². The molecule has 1 heterocycles. The van der Waals surface area contributed by atoms with E-state index >= 15 is 0 Å². The number of carbonyl (C=O) groups excluding carboxylic acids is 1. The van der Waals surface area contributed by atoms with Gasteiger partial charge in [-0.15, -0.1) is 0 Å². The minimum absolute atomic E-state index is 0.127. The van der Waals surface area contributed by atoms with Crippen LogP contribution in [0.15, 0.2) is 0 Å². The van der Waals surface area contributed by atoms with Crippen LogP contribution in [-0.2, 0) is 9.53 Å². The van der Waals surface area contributed by atoms with Gasteiger partial charge in [-0.05, 0) is 20.0 Å². The highest BCUT2D eigenvalue weighted by Crippen LogP contribution is 2.15. The van der Waals surface area contributed by atoms with E-state index in [4.69, 9.17) is 4.74 Å². The normalized spacial score (nSPS) is 28.6. The molecule has 2 N–H and O–H groups in total. The van der Waals surface area contributed by atoms with Crippen molar-refractivity contribution in [3.8, 4) is 0 Å². The first-order chi connectivity index (χ1) is 8.04. The molecule has 1 saturated heterocycles. The molecule has 1 rings (SSSR count). The first-order valence-electron chi connectivity index (χ1n) is 6.30. The fourth-order valence-electron chi connectivity index (χ4n) is 2.06. The van der Waals surface area contributed by atoms with E-state index in [1.807, 2.05) is 7.05 Å². The minimum Gasteiger partial charge on any atom is -0.388 e. The Bertz CT molecular complexity index is 248. The van der Waals surface area contributed by atoms with Crippen LogP contribution in [0.5, 0.6) is 0 Å². The van der Waals surface area contributed by atoms with Crippen molar-refractivity contribution in [3.63, 3.8) is 0 Å². The van der Waals surface area contributed by atoms with E-state index in [0.29, 0.717) is 13.2 Å². The summed E-state index contributed by atoms with van der Waals surface area (Å²) < 4.78 is 5.52. The largest absolute Gasteiger partial charge is 0.388 e. The Balaban J connectivity index is 2.33. The SMILES string of the molecule is CCCCN(C)C[C@@H]1OC[C@H](NC(C)=O)[C@H]1O. The van der Waals surface area contributed by atoms with Crippen LogP contribution in [0.3, 0.4) is 0 Å². The molecule has 0 saturated carbocycles. The first kappa shape index (κ1) is 14.4. The lowest BCUT2D eigenvalue weighted by atomic mass is 10.1. The second-order valence-electron chi connectivity index (χ2n) is 4.79. The second kappa shape index (κ2) is 6.93. The van der Waals surface area contributed by atoms with Crippen molar-refractivity contribution in [3.05, 3.63) is 0 Å². The van der Waals surface area contributed by atoms with E-state index in [0.717, 1.165) is 19.4 Å². The number of nitrogens with one attached hydrogen (secondary N) is 1. The first-order valence-corrected chi connectivity index (χ1v) is 6.30. The number of amides is 1. The topological polar surface area (TPSA) is 61.8 Å². The number of unbranched alkanes of at least 4 members (excludes halogenated alkanes) is 1. The smallest absolute Gasteiger partial charge is 0.217 e. The molecular weight excluding hydrogens is 220 g/mol. The summed E-state index contributed by atoms with van der Waals surface area (Å²) in [4.78, 5) is 13.1. The summed E-state index contributed by atoms with van der Waals surface area (Å²) in [6, 6.07) is -0.267. The molecule has 0 bridgehead atoms. The van der Waals surface area contributed by atoms with E-state index in [1.165, 1.54) is 6.92 Å². The van der Waals surface area contributed by atoms with Gasteiger partial charge < -0.3 is 20.1 Å². The number of rotatable bonds is 6. The van der Waals surface area contributed by atoms with E-state index in [-0.39, 0.29) is 18.1 Å². The highest BCUT2D eigenvalue weighted by atomic mass is 16.5. The molecule has 0 aromatic heterocycles. The average molecular weight is 244 g/mol. The van der Waals surface area contributed by atoms with Crippen LogP contribution in [0.4, 0.5) is 0 Å². The summed E-state index contributed by atoms with van der Waals surface area (Å²) >= 11 is 0. The number of aliphatic hydroxyl groups excluding tert-OH is 1. The van der Waals surface area contributed by atoms with Crippen molar-refractivity contribution in [2.75, 3.05) is 26.7 Å². The molecule has 0 aliphatic carbocycles. The van der Waals surface area contributed by atoms with Gasteiger partial charge in [-0.2, -0.15) is 0 Å². The van der Waals surface area contributed by atoms with Gasteiger partial charge in [0.1, 0.15) is 6.10 Å². The van der Waals surface area contributed by atoms with Crippen molar-refractivity contribution in [1.29, 1.82) is 0 Å². The number of ether oxygens (including phenoxy) is 1. The molecule has 1 aliphatic rings. The monoisotopic (exact) mass is 244 g/mol. The summed E-state index contributed by atoms with van der Waals surface area (Å²) in [6.07, 6.45) is 1.50. The molecule has 0 aromatic carbocycles. The molecule has 1 fully saturated rings. The highest BCUT2D eigenvalue weighted by molar-refractivity contribution is 5.73. The van der Waals surface area contributed by atoms with Crippen molar-refractivity contribution in [2.24, 2.45) is 0 Å². The quantitative estimate of drug-likeness (QED) is 0.689. The zero-order chi connectivity index (χ0) is 12.8. The van der Waals surface area contributed by atoms with Crippen LogP contribution in [0, 0.1) is 0 Å². The maximum absolute atomic E-state index is 10.9. The summed E-state index contributed by atoms with van der Waals surface area (Å²) in [5.41, 5.74) is 0. The lowest BCUT2D eigenvalue weighted by Crippen LogP contribution is -2.45. The highest BCUT2D eigenvalue weighted by Gasteiger charge is 2.36. The second-order valence-corrected chi connectivity index (χ2v) is 4.79. The maximum atomic E-state index is 10.9. The zero-order valence-electron chi connectivity index (χ0n) is 11.0. The van der Waals surface area contributed by atoms with Crippen LogP contribution in [0.25, 0.3) is 0 Å². The summed E-state index contributed by atoms with van der Waals surface area (Å²) in [5, 5.41) is 12.7. The molecule has 17 heavy (non-hydrogen) atoms. The molecule has 1 aliphatic heterocycles. The molecule has 0 radical (unpaired) electrons. The van der Waals surface area contributed by atoms with E-state index in [9.17, 15) is 9.90 Å². The van der Waals surface area contributed by atoms with Gasteiger partial charge in [-0.25, -0.2) is 0 Å². The van der Waals surface area contributed by atoms with Gasteiger partial charge in [0, 0.05) is 13.5 Å². The summed E-state index contributed by atoms with van der Waals surface area (Å²) in [6.45, 7) is 5.72. The summed E-state index contributed by atoms with van der Waals surface area (Å²) in [5.74, 6) is -0.127. The zero-order valence-corrected chi connectivity index (χ0v) is 11.0. The Kier molecular flexibility index (Phi) is 5.88. The molecule has 0 unspecified atom stereocenters. The number of hydrogen-bond donors (Lipinski definition) is 2. The molecule has 100 valence electrons. The van der Waals surface area contributed by atoms with Crippen LogP contribution in [-0.4, -0.2) is 60.9 Å². The van der Waals surface area contributed by atoms with Crippen LogP contribution in [0.2, 0.25) is 0 Å². The van der Waals surface area contributed by atoms with Gasteiger partial charge in [-0.3, -0.25) is 4.79 Å². The Morgan fingerprint density at radius 1 is 1.59 bits per heavy atom. The van der Waals surface area contributed by atoms with E-state index < -0.39 is 6.10 Å². The maximum Gasteiger partial charge on any atom is 0.217 e. The number of aliphatic hydroxyl groups is 1.